The molecule has 0 bridgehead atoms. The lowest BCUT2D eigenvalue weighted by molar-refractivity contribution is 0.0707. The molecule has 1 saturated heterocycles. The Morgan fingerprint density at radius 1 is 1.11 bits per heavy atom. The summed E-state index contributed by atoms with van der Waals surface area (Å²) in [4.78, 5) is 34.1. The van der Waals surface area contributed by atoms with Crippen LogP contribution in [0.15, 0.2) is 66.2 Å². The zero-order valence-corrected chi connectivity index (χ0v) is 21.8. The van der Waals surface area contributed by atoms with E-state index < -0.39 is 6.09 Å². The van der Waals surface area contributed by atoms with Gasteiger partial charge >= 0.3 is 6.09 Å². The van der Waals surface area contributed by atoms with Crippen LogP contribution in [0.1, 0.15) is 35.8 Å². The fraction of sp³-hybridized carbons (Fsp3) is 0.345. The van der Waals surface area contributed by atoms with Crippen LogP contribution >= 0.6 is 11.3 Å². The molecular weight excluding hydrogens is 484 g/mol. The smallest absolute Gasteiger partial charge is 0.391 e. The monoisotopic (exact) mass is 514 g/mol. The first-order valence-electron chi connectivity index (χ1n) is 12.8. The molecule has 2 aromatic heterocycles. The molecule has 2 amide bonds. The predicted molar refractivity (Wildman–Crippen MR) is 144 cm³/mol. The molecule has 1 unspecified atom stereocenters. The summed E-state index contributed by atoms with van der Waals surface area (Å²) in [5, 5.41) is 4.87. The molecule has 8 heteroatoms. The molecule has 1 saturated carbocycles. The van der Waals surface area contributed by atoms with Crippen molar-refractivity contribution in [1.82, 2.24) is 19.6 Å². The van der Waals surface area contributed by atoms with E-state index in [9.17, 15) is 9.59 Å². The molecule has 2 aliphatic rings. The number of nitrogens with zero attached hydrogens (tertiary/aromatic N) is 3. The van der Waals surface area contributed by atoms with E-state index in [0.29, 0.717) is 41.4 Å². The van der Waals surface area contributed by atoms with Crippen LogP contribution in [0.25, 0.3) is 16.1 Å². The average molecular weight is 515 g/mol. The number of likely N-dealkylation sites (tertiary alicyclic amines) is 1. The standard InChI is InChI=1S/C29H30N4O3S/c1-18-14-21-17-33(26(34)23-11-7-6-10-22(23)20-8-4-3-5-9-20)25(24(21)15-18)16-30-29(35)36-27-19(2)31-28-32(27)12-13-37-28/h3-13,18,21,24-25H,14-17H2,1-2H3,(H,30,35)/t18?,21-,24-,25+/m0/s1. The molecule has 6 rings (SSSR count). The largest absolute Gasteiger partial charge is 0.414 e. The first kappa shape index (κ1) is 23.7. The number of benzene rings is 2. The first-order chi connectivity index (χ1) is 18.0. The first-order valence-corrected chi connectivity index (χ1v) is 13.7. The third-order valence-electron chi connectivity index (χ3n) is 7.84. The number of thiazole rings is 1. The molecule has 190 valence electrons. The minimum atomic E-state index is -0.525. The van der Waals surface area contributed by atoms with E-state index in [1.54, 1.807) is 4.40 Å². The minimum Gasteiger partial charge on any atom is -0.391 e. The molecule has 2 aromatic carbocycles. The summed E-state index contributed by atoms with van der Waals surface area (Å²) in [6.07, 6.45) is 3.49. The quantitative estimate of drug-likeness (QED) is 0.374. The van der Waals surface area contributed by atoms with Gasteiger partial charge in [-0.1, -0.05) is 55.5 Å². The van der Waals surface area contributed by atoms with Gasteiger partial charge in [-0.2, -0.15) is 0 Å². The Bertz CT molecular complexity index is 1450. The molecule has 1 aliphatic carbocycles. The molecule has 1 N–H and O–H groups in total. The van der Waals surface area contributed by atoms with Gasteiger partial charge in [-0.3, -0.25) is 9.20 Å². The van der Waals surface area contributed by atoms with Gasteiger partial charge in [0.2, 0.25) is 5.88 Å². The summed E-state index contributed by atoms with van der Waals surface area (Å²) in [6, 6.07) is 17.7. The van der Waals surface area contributed by atoms with Crippen molar-refractivity contribution in [1.29, 1.82) is 0 Å². The number of carbonyl (C=O) groups is 2. The molecular formula is C29H30N4O3S. The molecule has 0 spiro atoms. The van der Waals surface area contributed by atoms with E-state index >= 15 is 0 Å². The number of aryl methyl sites for hydroxylation is 1. The third-order valence-corrected chi connectivity index (χ3v) is 8.60. The van der Waals surface area contributed by atoms with E-state index in [1.807, 2.05) is 78.0 Å². The number of fused-ring (bicyclic) bond motifs is 2. The van der Waals surface area contributed by atoms with Crippen LogP contribution in [0.5, 0.6) is 5.88 Å². The van der Waals surface area contributed by atoms with Gasteiger partial charge < -0.3 is 15.0 Å². The van der Waals surface area contributed by atoms with E-state index in [-0.39, 0.29) is 11.9 Å². The number of carbonyl (C=O) groups excluding carboxylic acids is 2. The Labute approximate surface area is 220 Å². The van der Waals surface area contributed by atoms with Gasteiger partial charge in [-0.15, -0.1) is 11.3 Å². The molecule has 4 atom stereocenters. The summed E-state index contributed by atoms with van der Waals surface area (Å²) in [6.45, 7) is 5.18. The van der Waals surface area contributed by atoms with Crippen LogP contribution in [0, 0.1) is 24.7 Å². The SMILES string of the molecule is Cc1nc2sccn2c1OC(=O)NC[C@@H]1[C@H]2CC(C)C[C@H]2CN1C(=O)c1ccccc1-c1ccccc1. The highest BCUT2D eigenvalue weighted by atomic mass is 32.1. The summed E-state index contributed by atoms with van der Waals surface area (Å²) in [7, 11) is 0. The Morgan fingerprint density at radius 3 is 2.73 bits per heavy atom. The highest BCUT2D eigenvalue weighted by Gasteiger charge is 2.48. The number of rotatable bonds is 5. The van der Waals surface area contributed by atoms with Crippen molar-refractivity contribution in [2.75, 3.05) is 13.1 Å². The maximum atomic E-state index is 14.0. The van der Waals surface area contributed by atoms with Crippen LogP contribution in [-0.2, 0) is 0 Å². The normalized spacial score (nSPS) is 22.8. The van der Waals surface area contributed by atoms with Crippen molar-refractivity contribution >= 4 is 28.3 Å². The lowest BCUT2D eigenvalue weighted by Gasteiger charge is -2.29. The van der Waals surface area contributed by atoms with Crippen LogP contribution in [0.4, 0.5) is 4.79 Å². The molecule has 1 aliphatic heterocycles. The summed E-state index contributed by atoms with van der Waals surface area (Å²) in [5.74, 6) is 1.89. The van der Waals surface area contributed by atoms with E-state index in [0.717, 1.165) is 35.5 Å². The van der Waals surface area contributed by atoms with Gasteiger partial charge in [0.15, 0.2) is 4.96 Å². The topological polar surface area (TPSA) is 75.9 Å². The number of ether oxygens (including phenoxy) is 1. The summed E-state index contributed by atoms with van der Waals surface area (Å²) in [5.41, 5.74) is 3.32. The van der Waals surface area contributed by atoms with E-state index in [2.05, 4.69) is 17.2 Å². The average Bonchev–Trinajstić information content (AvgIpc) is 3.65. The number of aromatic nitrogens is 2. The lowest BCUT2D eigenvalue weighted by Crippen LogP contribution is -2.46. The second kappa shape index (κ2) is 9.67. The van der Waals surface area contributed by atoms with Gasteiger partial charge in [0.1, 0.15) is 5.69 Å². The van der Waals surface area contributed by atoms with Crippen molar-refractivity contribution in [2.24, 2.45) is 17.8 Å². The van der Waals surface area contributed by atoms with Crippen LogP contribution in [0.3, 0.4) is 0 Å². The fourth-order valence-electron chi connectivity index (χ4n) is 6.24. The Hall–Kier alpha value is -3.65. The van der Waals surface area contributed by atoms with Gasteiger partial charge in [0, 0.05) is 30.2 Å². The number of nitrogens with one attached hydrogen (secondary N) is 1. The van der Waals surface area contributed by atoms with Crippen molar-refractivity contribution < 1.29 is 14.3 Å². The van der Waals surface area contributed by atoms with Gasteiger partial charge in [-0.05, 0) is 54.7 Å². The molecule has 2 fully saturated rings. The van der Waals surface area contributed by atoms with Gasteiger partial charge in [0.25, 0.3) is 5.91 Å². The predicted octanol–water partition coefficient (Wildman–Crippen LogP) is 5.65. The van der Waals surface area contributed by atoms with E-state index in [1.165, 1.54) is 11.3 Å². The number of amides is 2. The van der Waals surface area contributed by atoms with Gasteiger partial charge in [-0.25, -0.2) is 9.78 Å². The van der Waals surface area contributed by atoms with Crippen molar-refractivity contribution in [3.05, 3.63) is 77.4 Å². The second-order valence-electron chi connectivity index (χ2n) is 10.3. The van der Waals surface area contributed by atoms with Crippen molar-refractivity contribution in [2.45, 2.75) is 32.7 Å². The maximum absolute atomic E-state index is 14.0. The Morgan fingerprint density at radius 2 is 1.89 bits per heavy atom. The fourth-order valence-corrected chi connectivity index (χ4v) is 6.99. The molecule has 7 nitrogen and oxygen atoms in total. The zero-order valence-electron chi connectivity index (χ0n) is 21.0. The summed E-state index contributed by atoms with van der Waals surface area (Å²) >= 11 is 1.49. The van der Waals surface area contributed by atoms with Crippen LogP contribution in [0.2, 0.25) is 0 Å². The number of hydrogen-bond acceptors (Lipinski definition) is 5. The second-order valence-corrected chi connectivity index (χ2v) is 11.1. The number of hydrogen-bond donors (Lipinski definition) is 1. The Balaban J connectivity index is 1.23. The summed E-state index contributed by atoms with van der Waals surface area (Å²) < 4.78 is 7.44. The maximum Gasteiger partial charge on any atom is 0.414 e. The number of imidazole rings is 1. The molecule has 37 heavy (non-hydrogen) atoms. The molecule has 0 radical (unpaired) electrons. The lowest BCUT2D eigenvalue weighted by atomic mass is 9.93. The third kappa shape index (κ3) is 4.39. The minimum absolute atomic E-state index is 0.0216. The molecule has 3 heterocycles. The Kier molecular flexibility index (Phi) is 6.20. The van der Waals surface area contributed by atoms with Crippen LogP contribution in [-0.4, -0.2) is 45.4 Å². The van der Waals surface area contributed by atoms with Crippen LogP contribution < -0.4 is 10.1 Å². The molecule has 4 aromatic rings. The van der Waals surface area contributed by atoms with Crippen molar-refractivity contribution in [3.63, 3.8) is 0 Å². The highest BCUT2D eigenvalue weighted by Crippen LogP contribution is 2.45. The highest BCUT2D eigenvalue weighted by molar-refractivity contribution is 7.15. The van der Waals surface area contributed by atoms with E-state index in [4.69, 9.17) is 4.74 Å². The zero-order chi connectivity index (χ0) is 25.5. The van der Waals surface area contributed by atoms with Gasteiger partial charge in [0.05, 0.1) is 6.04 Å². The van der Waals surface area contributed by atoms with Crippen molar-refractivity contribution in [3.8, 4) is 17.0 Å².